The Morgan fingerprint density at radius 3 is 2.91 bits per heavy atom. The molecular weight excluding hydrogens is 324 g/mol. The lowest BCUT2D eigenvalue weighted by Gasteiger charge is -2.18. The van der Waals surface area contributed by atoms with Gasteiger partial charge in [-0.25, -0.2) is 8.42 Å². The predicted octanol–water partition coefficient (Wildman–Crippen LogP) is -0.886. The molecule has 23 heavy (non-hydrogen) atoms. The molecule has 2 N–H and O–H groups in total. The van der Waals surface area contributed by atoms with Crippen LogP contribution in [0.15, 0.2) is 4.52 Å². The van der Waals surface area contributed by atoms with E-state index >= 15 is 0 Å². The number of aromatic nitrogens is 2. The number of sulfone groups is 1. The minimum atomic E-state index is -3.09. The second kappa shape index (κ2) is 6.26. The van der Waals surface area contributed by atoms with Crippen molar-refractivity contribution < 1.29 is 22.5 Å². The van der Waals surface area contributed by atoms with Gasteiger partial charge in [-0.1, -0.05) is 5.16 Å². The molecule has 0 aromatic carbocycles. The summed E-state index contributed by atoms with van der Waals surface area (Å²) in [6, 6.07) is 0. The third kappa shape index (κ3) is 3.87. The van der Waals surface area contributed by atoms with E-state index < -0.39 is 15.8 Å². The van der Waals surface area contributed by atoms with Gasteiger partial charge in [-0.2, -0.15) is 4.98 Å². The molecule has 2 aliphatic rings. The quantitative estimate of drug-likeness (QED) is 0.726. The summed E-state index contributed by atoms with van der Waals surface area (Å²) in [5, 5.41) is 9.22. The Morgan fingerprint density at radius 2 is 2.22 bits per heavy atom. The molecule has 1 aromatic heterocycles. The summed E-state index contributed by atoms with van der Waals surface area (Å²) in [4.78, 5) is 27.5. The molecule has 2 unspecified atom stereocenters. The zero-order valence-electron chi connectivity index (χ0n) is 12.4. The molecule has 2 atom stereocenters. The minimum Gasteiger partial charge on any atom is -0.356 e. The van der Waals surface area contributed by atoms with Crippen LogP contribution in [-0.4, -0.2) is 48.4 Å². The summed E-state index contributed by atoms with van der Waals surface area (Å²) in [6.07, 6.45) is 1.42. The van der Waals surface area contributed by atoms with Crippen LogP contribution in [0.2, 0.25) is 0 Å². The SMILES string of the molecule is O=C1CC(c2noc(CNC(=O)C3CCS(=O)(=O)C3)n2)CCN1. The Labute approximate surface area is 133 Å². The summed E-state index contributed by atoms with van der Waals surface area (Å²) >= 11 is 0. The van der Waals surface area contributed by atoms with Gasteiger partial charge in [0.05, 0.1) is 24.0 Å². The topological polar surface area (TPSA) is 131 Å². The van der Waals surface area contributed by atoms with Crippen molar-refractivity contribution in [1.29, 1.82) is 0 Å². The van der Waals surface area contributed by atoms with Gasteiger partial charge in [0.2, 0.25) is 17.7 Å². The molecule has 0 saturated carbocycles. The maximum absolute atomic E-state index is 11.9. The highest BCUT2D eigenvalue weighted by atomic mass is 32.2. The second-order valence-corrected chi connectivity index (χ2v) is 8.13. The summed E-state index contributed by atoms with van der Waals surface area (Å²) in [7, 11) is -3.09. The molecule has 0 spiro atoms. The molecule has 2 amide bonds. The molecule has 2 saturated heterocycles. The number of amides is 2. The van der Waals surface area contributed by atoms with Crippen LogP contribution in [0.5, 0.6) is 0 Å². The Balaban J connectivity index is 1.53. The summed E-state index contributed by atoms with van der Waals surface area (Å²) in [5.41, 5.74) is 0. The van der Waals surface area contributed by atoms with Gasteiger partial charge in [-0.3, -0.25) is 9.59 Å². The van der Waals surface area contributed by atoms with Crippen LogP contribution >= 0.6 is 0 Å². The third-order valence-corrected chi connectivity index (χ3v) is 5.88. The fourth-order valence-corrected chi connectivity index (χ4v) is 4.56. The summed E-state index contributed by atoms with van der Waals surface area (Å²) < 4.78 is 27.8. The number of piperidine rings is 1. The number of carbonyl (C=O) groups excluding carboxylic acids is 2. The molecular formula is C13H18N4O5S. The predicted molar refractivity (Wildman–Crippen MR) is 77.9 cm³/mol. The molecule has 0 radical (unpaired) electrons. The lowest BCUT2D eigenvalue weighted by Crippen LogP contribution is -2.33. The van der Waals surface area contributed by atoms with E-state index in [1.165, 1.54) is 0 Å². The highest BCUT2D eigenvalue weighted by Gasteiger charge is 2.33. The van der Waals surface area contributed by atoms with E-state index in [2.05, 4.69) is 20.8 Å². The maximum atomic E-state index is 11.9. The Hall–Kier alpha value is -1.97. The zero-order valence-corrected chi connectivity index (χ0v) is 13.3. The van der Waals surface area contributed by atoms with E-state index in [9.17, 15) is 18.0 Å². The first kappa shape index (κ1) is 15.9. The molecule has 3 heterocycles. The molecule has 10 heteroatoms. The van der Waals surface area contributed by atoms with E-state index in [1.807, 2.05) is 0 Å². The molecule has 1 aromatic rings. The van der Waals surface area contributed by atoms with Crippen LogP contribution < -0.4 is 10.6 Å². The number of hydrogen-bond donors (Lipinski definition) is 2. The van der Waals surface area contributed by atoms with E-state index in [1.54, 1.807) is 0 Å². The van der Waals surface area contributed by atoms with E-state index in [0.717, 1.165) is 6.42 Å². The molecule has 2 fully saturated rings. The fourth-order valence-electron chi connectivity index (χ4n) is 2.82. The van der Waals surface area contributed by atoms with Crippen molar-refractivity contribution in [3.63, 3.8) is 0 Å². The molecule has 0 bridgehead atoms. The standard InChI is InChI=1S/C13H18N4O5S/c18-10-5-8(1-3-14-10)12-16-11(22-17-12)6-15-13(19)9-2-4-23(20,21)7-9/h8-9H,1-7H2,(H,14,18)(H,15,19). The van der Waals surface area contributed by atoms with E-state index in [4.69, 9.17) is 4.52 Å². The van der Waals surface area contributed by atoms with E-state index in [-0.39, 0.29) is 41.7 Å². The van der Waals surface area contributed by atoms with Crippen molar-refractivity contribution in [3.05, 3.63) is 11.7 Å². The molecule has 2 aliphatic heterocycles. The largest absolute Gasteiger partial charge is 0.356 e. The molecule has 3 rings (SSSR count). The monoisotopic (exact) mass is 342 g/mol. The maximum Gasteiger partial charge on any atom is 0.246 e. The van der Waals surface area contributed by atoms with Crippen molar-refractivity contribution in [3.8, 4) is 0 Å². The van der Waals surface area contributed by atoms with Gasteiger partial charge >= 0.3 is 0 Å². The average Bonchev–Trinajstić information content (AvgIpc) is 3.11. The number of hydrogen-bond acceptors (Lipinski definition) is 7. The Kier molecular flexibility index (Phi) is 4.33. The van der Waals surface area contributed by atoms with Crippen molar-refractivity contribution in [2.75, 3.05) is 18.1 Å². The van der Waals surface area contributed by atoms with Gasteiger partial charge in [0.25, 0.3) is 0 Å². The molecule has 0 aliphatic carbocycles. The minimum absolute atomic E-state index is 0.0386. The van der Waals surface area contributed by atoms with Crippen LogP contribution in [0.4, 0.5) is 0 Å². The molecule has 126 valence electrons. The van der Waals surface area contributed by atoms with Crippen LogP contribution in [0.1, 0.15) is 36.9 Å². The first-order chi connectivity index (χ1) is 10.9. The highest BCUT2D eigenvalue weighted by Crippen LogP contribution is 2.23. The van der Waals surface area contributed by atoms with Crippen molar-refractivity contribution >= 4 is 21.7 Å². The Bertz CT molecular complexity index is 714. The summed E-state index contributed by atoms with van der Waals surface area (Å²) in [6.45, 7) is 0.640. The van der Waals surface area contributed by atoms with Gasteiger partial charge in [-0.15, -0.1) is 0 Å². The van der Waals surface area contributed by atoms with Gasteiger partial charge < -0.3 is 15.2 Å². The van der Waals surface area contributed by atoms with Crippen LogP contribution in [0.3, 0.4) is 0 Å². The summed E-state index contributed by atoms with van der Waals surface area (Å²) in [5.74, 6) is -0.273. The highest BCUT2D eigenvalue weighted by molar-refractivity contribution is 7.91. The Morgan fingerprint density at radius 1 is 1.39 bits per heavy atom. The van der Waals surface area contributed by atoms with Gasteiger partial charge in [0.15, 0.2) is 15.7 Å². The van der Waals surface area contributed by atoms with Crippen LogP contribution in [0, 0.1) is 5.92 Å². The van der Waals surface area contributed by atoms with E-state index in [0.29, 0.717) is 25.2 Å². The van der Waals surface area contributed by atoms with Crippen molar-refractivity contribution in [1.82, 2.24) is 20.8 Å². The first-order valence-electron chi connectivity index (χ1n) is 7.50. The van der Waals surface area contributed by atoms with Crippen molar-refractivity contribution in [2.24, 2.45) is 5.92 Å². The van der Waals surface area contributed by atoms with Crippen molar-refractivity contribution in [2.45, 2.75) is 31.7 Å². The van der Waals surface area contributed by atoms with Crippen LogP contribution in [0.25, 0.3) is 0 Å². The smallest absolute Gasteiger partial charge is 0.246 e. The number of nitrogens with zero attached hydrogens (tertiary/aromatic N) is 2. The number of rotatable bonds is 4. The number of nitrogens with one attached hydrogen (secondary N) is 2. The average molecular weight is 342 g/mol. The third-order valence-electron chi connectivity index (χ3n) is 4.11. The van der Waals surface area contributed by atoms with Crippen LogP contribution in [-0.2, 0) is 26.0 Å². The molecule has 9 nitrogen and oxygen atoms in total. The normalized spacial score (nSPS) is 26.7. The first-order valence-corrected chi connectivity index (χ1v) is 9.32. The van der Waals surface area contributed by atoms with Gasteiger partial charge in [0, 0.05) is 18.9 Å². The van der Waals surface area contributed by atoms with Gasteiger partial charge in [0.1, 0.15) is 0 Å². The lowest BCUT2D eigenvalue weighted by atomic mass is 9.97. The number of carbonyl (C=O) groups is 2. The van der Waals surface area contributed by atoms with Gasteiger partial charge in [-0.05, 0) is 12.8 Å². The lowest BCUT2D eigenvalue weighted by molar-refractivity contribution is -0.124. The zero-order chi connectivity index (χ0) is 16.4. The second-order valence-electron chi connectivity index (χ2n) is 5.90. The fraction of sp³-hybridized carbons (Fsp3) is 0.692.